The number of aromatic nitrogens is 2. The van der Waals surface area contributed by atoms with Crippen molar-refractivity contribution in [3.8, 4) is 0 Å². The number of halogens is 1. The number of aliphatic hydroxyl groups excluding tert-OH is 1. The number of nitrogen functional groups attached to an aromatic ring is 1. The van der Waals surface area contributed by atoms with E-state index in [9.17, 15) is 5.11 Å². The lowest BCUT2D eigenvalue weighted by Crippen LogP contribution is -2.42. The Kier molecular flexibility index (Phi) is 3.51. The van der Waals surface area contributed by atoms with Crippen molar-refractivity contribution in [2.45, 2.75) is 32.4 Å². The number of nitrogens with zero attached hydrogens (tertiary/aromatic N) is 2. The lowest BCUT2D eigenvalue weighted by atomic mass is 9.99. The van der Waals surface area contributed by atoms with Crippen LogP contribution >= 0.6 is 15.9 Å². The van der Waals surface area contributed by atoms with Crippen LogP contribution in [0.25, 0.3) is 0 Å². The van der Waals surface area contributed by atoms with Crippen molar-refractivity contribution in [1.82, 2.24) is 9.97 Å². The molecule has 0 spiro atoms. The molecule has 1 aromatic heterocycles. The number of hydrogen-bond acceptors (Lipinski definition) is 5. The maximum atomic E-state index is 9.55. The first kappa shape index (κ1) is 12.2. The maximum absolute atomic E-state index is 9.55. The third kappa shape index (κ3) is 3.04. The Morgan fingerprint density at radius 3 is 2.73 bits per heavy atom. The molecule has 0 aliphatic rings. The van der Waals surface area contributed by atoms with Gasteiger partial charge in [0, 0.05) is 6.20 Å². The van der Waals surface area contributed by atoms with E-state index in [2.05, 4.69) is 31.2 Å². The average Bonchev–Trinajstić information content (AvgIpc) is 2.10. The Morgan fingerprint density at radius 2 is 2.20 bits per heavy atom. The highest BCUT2D eigenvalue weighted by molar-refractivity contribution is 9.10. The zero-order valence-electron chi connectivity index (χ0n) is 8.95. The summed E-state index contributed by atoms with van der Waals surface area (Å²) in [6.45, 7) is 5.47. The Morgan fingerprint density at radius 1 is 1.60 bits per heavy atom. The molecule has 6 heteroatoms. The molecule has 1 rings (SSSR count). The SMILES string of the molecule is CC(O)C(C)(C)Nc1nc(N)ncc1Br. The molecule has 0 aromatic carbocycles. The lowest BCUT2D eigenvalue weighted by Gasteiger charge is -2.30. The monoisotopic (exact) mass is 274 g/mol. The van der Waals surface area contributed by atoms with Crippen LogP contribution < -0.4 is 11.1 Å². The minimum atomic E-state index is -0.513. The van der Waals surface area contributed by atoms with Gasteiger partial charge in [-0.25, -0.2) is 4.98 Å². The van der Waals surface area contributed by atoms with Crippen molar-refractivity contribution in [3.05, 3.63) is 10.7 Å². The Balaban J connectivity index is 2.94. The Bertz CT molecular complexity index is 354. The molecule has 1 aromatic rings. The van der Waals surface area contributed by atoms with E-state index in [1.807, 2.05) is 13.8 Å². The molecule has 0 fully saturated rings. The van der Waals surface area contributed by atoms with Gasteiger partial charge in [0.1, 0.15) is 5.82 Å². The smallest absolute Gasteiger partial charge is 0.221 e. The number of anilines is 2. The van der Waals surface area contributed by atoms with Crippen molar-refractivity contribution < 1.29 is 5.11 Å². The van der Waals surface area contributed by atoms with Crippen LogP contribution in [0.4, 0.5) is 11.8 Å². The third-order valence-corrected chi connectivity index (χ3v) is 2.83. The van der Waals surface area contributed by atoms with Gasteiger partial charge in [-0.1, -0.05) is 0 Å². The predicted molar refractivity (Wildman–Crippen MR) is 63.5 cm³/mol. The van der Waals surface area contributed by atoms with E-state index in [4.69, 9.17) is 5.73 Å². The van der Waals surface area contributed by atoms with Crippen molar-refractivity contribution in [3.63, 3.8) is 0 Å². The first-order chi connectivity index (χ1) is 6.83. The zero-order chi connectivity index (χ0) is 11.6. The fraction of sp³-hybridized carbons (Fsp3) is 0.556. The second-order valence-corrected chi connectivity index (χ2v) is 4.80. The van der Waals surface area contributed by atoms with Crippen molar-refractivity contribution in [1.29, 1.82) is 0 Å². The van der Waals surface area contributed by atoms with E-state index < -0.39 is 11.6 Å². The summed E-state index contributed by atoms with van der Waals surface area (Å²) >= 11 is 3.31. The molecule has 0 aliphatic carbocycles. The van der Waals surface area contributed by atoms with Crippen molar-refractivity contribution in [2.75, 3.05) is 11.1 Å². The summed E-state index contributed by atoms with van der Waals surface area (Å²) in [5, 5.41) is 12.6. The number of nitrogens with one attached hydrogen (secondary N) is 1. The van der Waals surface area contributed by atoms with Gasteiger partial charge in [0.05, 0.1) is 16.1 Å². The molecule has 1 unspecified atom stereocenters. The summed E-state index contributed by atoms with van der Waals surface area (Å²) in [4.78, 5) is 7.87. The fourth-order valence-corrected chi connectivity index (χ4v) is 1.17. The first-order valence-electron chi connectivity index (χ1n) is 4.57. The first-order valence-corrected chi connectivity index (χ1v) is 5.36. The van der Waals surface area contributed by atoms with Crippen LogP contribution in [0.1, 0.15) is 20.8 Å². The Labute approximate surface area is 97.2 Å². The second kappa shape index (κ2) is 4.32. The molecule has 0 radical (unpaired) electrons. The van der Waals surface area contributed by atoms with Crippen LogP contribution in [0.5, 0.6) is 0 Å². The summed E-state index contributed by atoms with van der Waals surface area (Å²) in [7, 11) is 0. The molecule has 15 heavy (non-hydrogen) atoms. The van der Waals surface area contributed by atoms with Gasteiger partial charge in [-0.3, -0.25) is 0 Å². The summed E-state index contributed by atoms with van der Waals surface area (Å²) in [5.41, 5.74) is 4.99. The van der Waals surface area contributed by atoms with Crippen LogP contribution in [0.3, 0.4) is 0 Å². The molecule has 4 N–H and O–H groups in total. The molecule has 0 bridgehead atoms. The zero-order valence-corrected chi connectivity index (χ0v) is 10.5. The van der Waals surface area contributed by atoms with Gasteiger partial charge in [0.15, 0.2) is 0 Å². The van der Waals surface area contributed by atoms with Crippen LogP contribution in [-0.2, 0) is 0 Å². The van der Waals surface area contributed by atoms with E-state index in [0.29, 0.717) is 10.3 Å². The van der Waals surface area contributed by atoms with Gasteiger partial charge < -0.3 is 16.2 Å². The molecule has 84 valence electrons. The van der Waals surface area contributed by atoms with Crippen LogP contribution in [0.15, 0.2) is 10.7 Å². The lowest BCUT2D eigenvalue weighted by molar-refractivity contribution is 0.133. The molecule has 5 nitrogen and oxygen atoms in total. The third-order valence-electron chi connectivity index (χ3n) is 2.25. The summed E-state index contributed by atoms with van der Waals surface area (Å²) in [6, 6.07) is 0. The van der Waals surface area contributed by atoms with Gasteiger partial charge >= 0.3 is 0 Å². The van der Waals surface area contributed by atoms with Crippen LogP contribution in [-0.4, -0.2) is 26.7 Å². The minimum absolute atomic E-state index is 0.196. The second-order valence-electron chi connectivity index (χ2n) is 3.95. The van der Waals surface area contributed by atoms with Gasteiger partial charge in [0.2, 0.25) is 5.95 Å². The molecule has 1 atom stereocenters. The van der Waals surface area contributed by atoms with Crippen LogP contribution in [0.2, 0.25) is 0 Å². The highest BCUT2D eigenvalue weighted by Gasteiger charge is 2.25. The molecule has 0 saturated heterocycles. The van der Waals surface area contributed by atoms with Crippen LogP contribution in [0, 0.1) is 0 Å². The van der Waals surface area contributed by atoms with E-state index in [1.54, 1.807) is 13.1 Å². The van der Waals surface area contributed by atoms with E-state index in [-0.39, 0.29) is 5.95 Å². The standard InChI is InChI=1S/C9H15BrN4O/c1-5(15)9(2,3)14-7-6(10)4-12-8(11)13-7/h4-5,15H,1-3H3,(H3,11,12,13,14). The number of nitrogens with two attached hydrogens (primary N) is 1. The fourth-order valence-electron chi connectivity index (χ4n) is 0.878. The highest BCUT2D eigenvalue weighted by atomic mass is 79.9. The summed E-state index contributed by atoms with van der Waals surface area (Å²) in [5.74, 6) is 0.774. The largest absolute Gasteiger partial charge is 0.391 e. The van der Waals surface area contributed by atoms with E-state index in [0.717, 1.165) is 0 Å². The summed E-state index contributed by atoms with van der Waals surface area (Å²) in [6.07, 6.45) is 1.06. The van der Waals surface area contributed by atoms with Crippen molar-refractivity contribution >= 4 is 27.7 Å². The molecule has 0 aliphatic heterocycles. The molecular weight excluding hydrogens is 260 g/mol. The van der Waals surface area contributed by atoms with Gasteiger partial charge in [-0.2, -0.15) is 4.98 Å². The number of hydrogen-bond donors (Lipinski definition) is 3. The van der Waals surface area contributed by atoms with Gasteiger partial charge in [-0.15, -0.1) is 0 Å². The number of rotatable bonds is 3. The average molecular weight is 275 g/mol. The quantitative estimate of drug-likeness (QED) is 0.776. The molecule has 1 heterocycles. The van der Waals surface area contributed by atoms with Gasteiger partial charge in [-0.05, 0) is 36.7 Å². The molecule has 0 amide bonds. The summed E-state index contributed by atoms with van der Waals surface area (Å²) < 4.78 is 0.713. The molecular formula is C9H15BrN4O. The molecule has 0 saturated carbocycles. The normalized spacial score (nSPS) is 13.7. The van der Waals surface area contributed by atoms with E-state index in [1.165, 1.54) is 0 Å². The maximum Gasteiger partial charge on any atom is 0.221 e. The minimum Gasteiger partial charge on any atom is -0.391 e. The topological polar surface area (TPSA) is 84.1 Å². The Hall–Kier alpha value is -0.880. The van der Waals surface area contributed by atoms with E-state index >= 15 is 0 Å². The highest BCUT2D eigenvalue weighted by Crippen LogP contribution is 2.24. The van der Waals surface area contributed by atoms with Gasteiger partial charge in [0.25, 0.3) is 0 Å². The predicted octanol–water partition coefficient (Wildman–Crippen LogP) is 1.39. The number of aliphatic hydroxyl groups is 1. The van der Waals surface area contributed by atoms with Crippen molar-refractivity contribution in [2.24, 2.45) is 0 Å².